The first kappa shape index (κ1) is 10.5. The smallest absolute Gasteiger partial charge is 0.336 e. The van der Waals surface area contributed by atoms with Crippen molar-refractivity contribution in [3.63, 3.8) is 0 Å². The maximum absolute atomic E-state index is 11.3. The Morgan fingerprint density at radius 3 is 2.83 bits per heavy atom. The van der Waals surface area contributed by atoms with E-state index in [0.29, 0.717) is 16.6 Å². The first-order chi connectivity index (χ1) is 8.68. The van der Waals surface area contributed by atoms with Gasteiger partial charge >= 0.3 is 5.97 Å². The number of fused-ring (bicyclic) bond motifs is 1. The van der Waals surface area contributed by atoms with Crippen LogP contribution in [0.1, 0.15) is 16.1 Å². The van der Waals surface area contributed by atoms with Crippen molar-refractivity contribution in [1.29, 1.82) is 0 Å². The second kappa shape index (κ2) is 3.69. The molecule has 6 heteroatoms. The fraction of sp³-hybridized carbons (Fsp3) is 0.0833. The Labute approximate surface area is 102 Å². The summed E-state index contributed by atoms with van der Waals surface area (Å²) in [4.78, 5) is 11.3. The van der Waals surface area contributed by atoms with Crippen molar-refractivity contribution in [2.45, 2.75) is 6.92 Å². The number of aromatic amines is 2. The molecule has 0 bridgehead atoms. The highest BCUT2D eigenvalue weighted by atomic mass is 16.4. The highest BCUT2D eigenvalue weighted by Crippen LogP contribution is 2.30. The van der Waals surface area contributed by atoms with Crippen molar-refractivity contribution < 1.29 is 9.90 Å². The van der Waals surface area contributed by atoms with Crippen molar-refractivity contribution in [2.24, 2.45) is 0 Å². The molecule has 18 heavy (non-hydrogen) atoms. The number of benzene rings is 1. The fourth-order valence-electron chi connectivity index (χ4n) is 2.04. The maximum Gasteiger partial charge on any atom is 0.336 e. The third-order valence-corrected chi connectivity index (χ3v) is 2.90. The fourth-order valence-corrected chi connectivity index (χ4v) is 2.04. The number of aromatic carboxylic acids is 1. The molecule has 0 aliphatic rings. The van der Waals surface area contributed by atoms with Crippen molar-refractivity contribution in [3.05, 3.63) is 35.7 Å². The van der Waals surface area contributed by atoms with Gasteiger partial charge in [0.1, 0.15) is 5.69 Å². The number of hydrogen-bond donors (Lipinski definition) is 3. The van der Waals surface area contributed by atoms with Gasteiger partial charge in [0.15, 0.2) is 0 Å². The molecule has 1 aromatic carbocycles. The molecule has 90 valence electrons. The van der Waals surface area contributed by atoms with Crippen LogP contribution in [-0.4, -0.2) is 31.5 Å². The van der Waals surface area contributed by atoms with Crippen LogP contribution in [-0.2, 0) is 0 Å². The molecule has 2 aromatic heterocycles. The summed E-state index contributed by atoms with van der Waals surface area (Å²) in [6.45, 7) is 1.87. The lowest BCUT2D eigenvalue weighted by Gasteiger charge is -1.99. The molecule has 0 radical (unpaired) electrons. The van der Waals surface area contributed by atoms with Gasteiger partial charge in [-0.25, -0.2) is 4.79 Å². The van der Waals surface area contributed by atoms with Crippen molar-refractivity contribution in [2.75, 3.05) is 0 Å². The minimum absolute atomic E-state index is 0.233. The van der Waals surface area contributed by atoms with Gasteiger partial charge in [-0.15, -0.1) is 0 Å². The molecule has 0 aliphatic heterocycles. The van der Waals surface area contributed by atoms with Crippen LogP contribution in [0.2, 0.25) is 0 Å². The lowest BCUT2D eigenvalue weighted by Crippen LogP contribution is -1.97. The summed E-state index contributed by atoms with van der Waals surface area (Å²) in [7, 11) is 0. The number of hydrogen-bond acceptors (Lipinski definition) is 3. The molecule has 0 atom stereocenters. The molecule has 0 fully saturated rings. The lowest BCUT2D eigenvalue weighted by atomic mass is 10.0. The van der Waals surface area contributed by atoms with E-state index in [4.69, 9.17) is 0 Å². The number of nitrogens with zero attached hydrogens (tertiary/aromatic N) is 2. The second-order valence-electron chi connectivity index (χ2n) is 4.01. The third-order valence-electron chi connectivity index (χ3n) is 2.90. The normalized spacial score (nSPS) is 10.9. The van der Waals surface area contributed by atoms with E-state index in [1.807, 2.05) is 6.92 Å². The van der Waals surface area contributed by atoms with Crippen molar-refractivity contribution >= 4 is 16.9 Å². The van der Waals surface area contributed by atoms with Gasteiger partial charge in [0.25, 0.3) is 0 Å². The van der Waals surface area contributed by atoms with Crippen LogP contribution in [0.5, 0.6) is 0 Å². The molecular formula is C12H10N4O2. The lowest BCUT2D eigenvalue weighted by molar-refractivity contribution is 0.0699. The Morgan fingerprint density at radius 2 is 2.17 bits per heavy atom. The van der Waals surface area contributed by atoms with Gasteiger partial charge < -0.3 is 5.11 Å². The van der Waals surface area contributed by atoms with Crippen LogP contribution in [0.3, 0.4) is 0 Å². The Morgan fingerprint density at radius 1 is 1.33 bits per heavy atom. The van der Waals surface area contributed by atoms with Gasteiger partial charge in [-0.1, -0.05) is 6.07 Å². The zero-order valence-electron chi connectivity index (χ0n) is 9.56. The summed E-state index contributed by atoms with van der Waals surface area (Å²) in [5, 5.41) is 23.6. The maximum atomic E-state index is 11.3. The Kier molecular flexibility index (Phi) is 2.16. The molecule has 0 amide bonds. The monoisotopic (exact) mass is 242 g/mol. The Hall–Kier alpha value is -2.63. The number of carboxylic acid groups (broad SMARTS) is 1. The molecule has 2 heterocycles. The summed E-state index contributed by atoms with van der Waals surface area (Å²) in [5.74, 6) is -0.968. The minimum atomic E-state index is -0.968. The molecule has 6 nitrogen and oxygen atoms in total. The number of carbonyl (C=O) groups is 1. The van der Waals surface area contributed by atoms with Crippen LogP contribution >= 0.6 is 0 Å². The van der Waals surface area contributed by atoms with Gasteiger partial charge in [0.05, 0.1) is 17.3 Å². The average Bonchev–Trinajstić information content (AvgIpc) is 2.94. The summed E-state index contributed by atoms with van der Waals surface area (Å²) in [5.41, 5.74) is 3.19. The van der Waals surface area contributed by atoms with E-state index in [1.165, 1.54) is 0 Å². The molecule has 3 N–H and O–H groups in total. The molecule has 0 unspecified atom stereocenters. The van der Waals surface area contributed by atoms with Crippen LogP contribution in [0.15, 0.2) is 24.4 Å². The van der Waals surface area contributed by atoms with Crippen molar-refractivity contribution in [3.8, 4) is 11.3 Å². The topological polar surface area (TPSA) is 94.7 Å². The van der Waals surface area contributed by atoms with Gasteiger partial charge in [0, 0.05) is 16.6 Å². The molecule has 0 saturated carbocycles. The van der Waals surface area contributed by atoms with E-state index in [-0.39, 0.29) is 5.56 Å². The van der Waals surface area contributed by atoms with E-state index in [0.717, 1.165) is 11.3 Å². The van der Waals surface area contributed by atoms with E-state index < -0.39 is 5.97 Å². The summed E-state index contributed by atoms with van der Waals surface area (Å²) in [6, 6.07) is 5.06. The number of rotatable bonds is 2. The molecule has 3 rings (SSSR count). The van der Waals surface area contributed by atoms with Crippen LogP contribution in [0, 0.1) is 6.92 Å². The highest BCUT2D eigenvalue weighted by Gasteiger charge is 2.17. The molecule has 0 spiro atoms. The van der Waals surface area contributed by atoms with Gasteiger partial charge in [-0.05, 0) is 19.1 Å². The standard InChI is InChI=1S/C12H10N4O2/c1-6-8(5-13-14-6)11-10-7(12(17)18)3-2-4-9(10)15-16-11/h2-5H,1H3,(H,13,14)(H,15,16)(H,17,18). The number of H-pyrrole nitrogens is 2. The predicted octanol–water partition coefficient (Wildman–Crippen LogP) is 1.96. The average molecular weight is 242 g/mol. The first-order valence-electron chi connectivity index (χ1n) is 5.39. The SMILES string of the molecule is Cc1[nH]ncc1-c1n[nH]c2cccc(C(=O)O)c12. The molecule has 3 aromatic rings. The molecular weight excluding hydrogens is 232 g/mol. The van der Waals surface area contributed by atoms with Gasteiger partial charge in [-0.2, -0.15) is 10.2 Å². The highest BCUT2D eigenvalue weighted by molar-refractivity contribution is 6.08. The summed E-state index contributed by atoms with van der Waals surface area (Å²) < 4.78 is 0. The second-order valence-corrected chi connectivity index (χ2v) is 4.01. The van der Waals surface area contributed by atoms with Crippen LogP contribution in [0.4, 0.5) is 0 Å². The van der Waals surface area contributed by atoms with Crippen LogP contribution in [0.25, 0.3) is 22.2 Å². The zero-order valence-corrected chi connectivity index (χ0v) is 9.56. The van der Waals surface area contributed by atoms with Gasteiger partial charge in [-0.3, -0.25) is 10.2 Å². The van der Waals surface area contributed by atoms with E-state index >= 15 is 0 Å². The third kappa shape index (κ3) is 1.39. The molecule has 0 saturated heterocycles. The van der Waals surface area contributed by atoms with Crippen LogP contribution < -0.4 is 0 Å². The summed E-state index contributed by atoms with van der Waals surface area (Å²) >= 11 is 0. The van der Waals surface area contributed by atoms with Crippen molar-refractivity contribution in [1.82, 2.24) is 20.4 Å². The zero-order chi connectivity index (χ0) is 12.7. The number of carboxylic acids is 1. The Bertz CT molecular complexity index is 741. The Balaban J connectivity index is 2.38. The largest absolute Gasteiger partial charge is 0.478 e. The number of aromatic nitrogens is 4. The quantitative estimate of drug-likeness (QED) is 0.640. The predicted molar refractivity (Wildman–Crippen MR) is 65.4 cm³/mol. The number of nitrogens with one attached hydrogen (secondary N) is 2. The van der Waals surface area contributed by atoms with E-state index in [9.17, 15) is 9.90 Å². The molecule has 0 aliphatic carbocycles. The van der Waals surface area contributed by atoms with E-state index in [1.54, 1.807) is 24.4 Å². The minimum Gasteiger partial charge on any atom is -0.478 e. The van der Waals surface area contributed by atoms with Gasteiger partial charge in [0.2, 0.25) is 0 Å². The number of aryl methyl sites for hydroxylation is 1. The summed E-state index contributed by atoms with van der Waals surface area (Å²) in [6.07, 6.45) is 1.64. The van der Waals surface area contributed by atoms with E-state index in [2.05, 4.69) is 20.4 Å². The first-order valence-corrected chi connectivity index (χ1v) is 5.39.